The van der Waals surface area contributed by atoms with Gasteiger partial charge in [0.2, 0.25) is 5.91 Å². The number of nitrogens with zero attached hydrogens (tertiary/aromatic N) is 1. The number of aliphatic hydroxyl groups is 1. The summed E-state index contributed by atoms with van der Waals surface area (Å²) >= 11 is 0. The van der Waals surface area contributed by atoms with Crippen molar-refractivity contribution in [3.8, 4) is 0 Å². The zero-order chi connectivity index (χ0) is 13.0. The molecule has 94 valence electrons. The van der Waals surface area contributed by atoms with Crippen molar-refractivity contribution in [3.05, 3.63) is 27.4 Å². The largest absolute Gasteiger partial charge is 0.392 e. The number of carbonyl (C=O) groups is 1. The van der Waals surface area contributed by atoms with Gasteiger partial charge in [0, 0.05) is 23.5 Å². The van der Waals surface area contributed by atoms with Crippen molar-refractivity contribution in [2.45, 2.75) is 33.3 Å². The topological polar surface area (TPSA) is 95.1 Å². The van der Waals surface area contributed by atoms with Gasteiger partial charge in [-0.1, -0.05) is 0 Å². The summed E-state index contributed by atoms with van der Waals surface area (Å²) < 4.78 is 0. The van der Waals surface area contributed by atoms with E-state index in [0.29, 0.717) is 17.0 Å². The highest BCUT2D eigenvalue weighted by Gasteiger charge is 2.11. The van der Waals surface area contributed by atoms with Gasteiger partial charge in [-0.15, -0.1) is 0 Å². The maximum Gasteiger partial charge on any atom is 0.345 e. The van der Waals surface area contributed by atoms with Crippen LogP contribution in [-0.2, 0) is 11.2 Å². The Morgan fingerprint density at radius 3 is 2.71 bits per heavy atom. The fraction of sp³-hybridized carbons (Fsp3) is 0.545. The maximum atomic E-state index is 11.6. The number of hydrogen-bond donors (Lipinski definition) is 3. The Morgan fingerprint density at radius 1 is 1.53 bits per heavy atom. The molecule has 17 heavy (non-hydrogen) atoms. The predicted molar refractivity (Wildman–Crippen MR) is 62.7 cm³/mol. The molecule has 0 saturated carbocycles. The number of aromatic nitrogens is 2. The van der Waals surface area contributed by atoms with Gasteiger partial charge in [0.05, 0.1) is 12.5 Å². The van der Waals surface area contributed by atoms with Gasteiger partial charge in [-0.3, -0.25) is 4.79 Å². The number of rotatable bonds is 4. The van der Waals surface area contributed by atoms with Gasteiger partial charge in [-0.2, -0.15) is 4.98 Å². The summed E-state index contributed by atoms with van der Waals surface area (Å²) in [5.74, 6) is -0.203. The third-order valence-corrected chi connectivity index (χ3v) is 2.39. The number of nitrogens with one attached hydrogen (secondary N) is 2. The third-order valence-electron chi connectivity index (χ3n) is 2.39. The minimum Gasteiger partial charge on any atom is -0.392 e. The molecule has 6 nitrogen and oxygen atoms in total. The van der Waals surface area contributed by atoms with E-state index >= 15 is 0 Å². The first-order chi connectivity index (χ1) is 7.90. The zero-order valence-corrected chi connectivity index (χ0v) is 10.2. The molecular weight excluding hydrogens is 222 g/mol. The summed E-state index contributed by atoms with van der Waals surface area (Å²) in [7, 11) is 0. The molecule has 1 heterocycles. The molecule has 1 aromatic heterocycles. The lowest BCUT2D eigenvalue weighted by molar-refractivity contribution is -0.120. The van der Waals surface area contributed by atoms with Crippen molar-refractivity contribution in [2.75, 3.05) is 6.54 Å². The van der Waals surface area contributed by atoms with E-state index in [-0.39, 0.29) is 18.9 Å². The summed E-state index contributed by atoms with van der Waals surface area (Å²) in [6, 6.07) is 0. The Bertz CT molecular complexity index is 439. The average molecular weight is 239 g/mol. The van der Waals surface area contributed by atoms with Crippen LogP contribution in [0.4, 0.5) is 0 Å². The van der Waals surface area contributed by atoms with Crippen molar-refractivity contribution < 1.29 is 9.90 Å². The number of amides is 1. The second-order valence-corrected chi connectivity index (χ2v) is 4.06. The lowest BCUT2D eigenvalue weighted by Gasteiger charge is -2.10. The molecular formula is C11H17N3O3. The number of H-pyrrole nitrogens is 1. The Morgan fingerprint density at radius 2 is 2.18 bits per heavy atom. The molecule has 3 N–H and O–H groups in total. The van der Waals surface area contributed by atoms with Crippen LogP contribution in [-0.4, -0.2) is 33.6 Å². The molecule has 1 rings (SSSR count). The minimum atomic E-state index is -0.574. The fourth-order valence-electron chi connectivity index (χ4n) is 1.50. The molecule has 0 spiro atoms. The van der Waals surface area contributed by atoms with E-state index in [9.17, 15) is 9.59 Å². The Kier molecular flexibility index (Phi) is 4.39. The monoisotopic (exact) mass is 239 g/mol. The quantitative estimate of drug-likeness (QED) is 0.655. The van der Waals surface area contributed by atoms with Gasteiger partial charge in [0.1, 0.15) is 0 Å². The number of aliphatic hydroxyl groups excluding tert-OH is 1. The number of aromatic amines is 1. The lowest BCUT2D eigenvalue weighted by Crippen LogP contribution is -2.32. The number of hydrogen-bond acceptors (Lipinski definition) is 4. The molecule has 0 radical (unpaired) electrons. The third kappa shape index (κ3) is 3.99. The van der Waals surface area contributed by atoms with E-state index in [1.807, 2.05) is 0 Å². The first kappa shape index (κ1) is 13.4. The normalized spacial score (nSPS) is 12.2. The van der Waals surface area contributed by atoms with Crippen LogP contribution in [0.3, 0.4) is 0 Å². The van der Waals surface area contributed by atoms with E-state index in [0.717, 1.165) is 0 Å². The van der Waals surface area contributed by atoms with E-state index in [1.54, 1.807) is 20.8 Å². The molecule has 0 bridgehead atoms. The summed E-state index contributed by atoms with van der Waals surface area (Å²) in [6.07, 6.45) is -0.427. The van der Waals surface area contributed by atoms with Gasteiger partial charge in [-0.05, 0) is 20.8 Å². The molecule has 0 unspecified atom stereocenters. The first-order valence-corrected chi connectivity index (χ1v) is 5.41. The van der Waals surface area contributed by atoms with Crippen LogP contribution >= 0.6 is 0 Å². The first-order valence-electron chi connectivity index (χ1n) is 5.41. The van der Waals surface area contributed by atoms with Gasteiger partial charge in [-0.25, -0.2) is 4.79 Å². The SMILES string of the molecule is Cc1nc(=O)[nH]c(C)c1CC(=O)NC[C@@H](C)O. The minimum absolute atomic E-state index is 0.147. The molecule has 0 aliphatic rings. The van der Waals surface area contributed by atoms with Crippen molar-refractivity contribution in [1.29, 1.82) is 0 Å². The van der Waals surface area contributed by atoms with Gasteiger partial charge in [0.15, 0.2) is 0 Å². The highest BCUT2D eigenvalue weighted by molar-refractivity contribution is 5.79. The molecule has 6 heteroatoms. The Balaban J connectivity index is 2.75. The van der Waals surface area contributed by atoms with Crippen molar-refractivity contribution in [1.82, 2.24) is 15.3 Å². The highest BCUT2D eigenvalue weighted by atomic mass is 16.3. The van der Waals surface area contributed by atoms with Gasteiger partial charge in [0.25, 0.3) is 0 Å². The van der Waals surface area contributed by atoms with Crippen LogP contribution in [0, 0.1) is 13.8 Å². The van der Waals surface area contributed by atoms with E-state index in [4.69, 9.17) is 5.11 Å². The van der Waals surface area contributed by atoms with Gasteiger partial charge >= 0.3 is 5.69 Å². The molecule has 0 aliphatic carbocycles. The molecule has 1 atom stereocenters. The molecule has 1 aromatic rings. The predicted octanol–water partition coefficient (Wildman–Crippen LogP) is -0.574. The smallest absolute Gasteiger partial charge is 0.345 e. The van der Waals surface area contributed by atoms with E-state index in [2.05, 4.69) is 15.3 Å². The van der Waals surface area contributed by atoms with Crippen LogP contribution in [0.25, 0.3) is 0 Å². The number of carbonyl (C=O) groups excluding carboxylic acids is 1. The Labute approximate surface area is 99.1 Å². The number of aryl methyl sites for hydroxylation is 2. The summed E-state index contributed by atoms with van der Waals surface area (Å²) in [6.45, 7) is 5.24. The second-order valence-electron chi connectivity index (χ2n) is 4.06. The highest BCUT2D eigenvalue weighted by Crippen LogP contribution is 2.07. The fourth-order valence-corrected chi connectivity index (χ4v) is 1.50. The van der Waals surface area contributed by atoms with Crippen LogP contribution in [0.2, 0.25) is 0 Å². The lowest BCUT2D eigenvalue weighted by atomic mass is 10.1. The summed E-state index contributed by atoms with van der Waals surface area (Å²) in [4.78, 5) is 28.9. The summed E-state index contributed by atoms with van der Waals surface area (Å²) in [5.41, 5.74) is 1.51. The van der Waals surface area contributed by atoms with Crippen molar-refractivity contribution >= 4 is 5.91 Å². The average Bonchev–Trinajstić information content (AvgIpc) is 2.20. The standard InChI is InChI=1S/C11H17N3O3/c1-6(15)5-12-10(16)4-9-7(2)13-11(17)14-8(9)3/h6,15H,4-5H2,1-3H3,(H,12,16)(H,13,14,17)/t6-/m1/s1. The molecule has 0 aliphatic heterocycles. The Hall–Kier alpha value is -1.69. The molecule has 0 fully saturated rings. The maximum absolute atomic E-state index is 11.6. The van der Waals surface area contributed by atoms with Crippen molar-refractivity contribution in [3.63, 3.8) is 0 Å². The van der Waals surface area contributed by atoms with Crippen LogP contribution < -0.4 is 11.0 Å². The van der Waals surface area contributed by atoms with E-state index in [1.165, 1.54) is 0 Å². The van der Waals surface area contributed by atoms with Crippen LogP contribution in [0.1, 0.15) is 23.9 Å². The molecule has 1 amide bonds. The van der Waals surface area contributed by atoms with Gasteiger partial charge < -0.3 is 15.4 Å². The zero-order valence-electron chi connectivity index (χ0n) is 10.2. The van der Waals surface area contributed by atoms with Crippen LogP contribution in [0.5, 0.6) is 0 Å². The molecule has 0 saturated heterocycles. The van der Waals surface area contributed by atoms with Crippen LogP contribution in [0.15, 0.2) is 4.79 Å². The summed E-state index contributed by atoms with van der Waals surface area (Å²) in [5, 5.41) is 11.6. The van der Waals surface area contributed by atoms with Crippen molar-refractivity contribution in [2.24, 2.45) is 0 Å². The van der Waals surface area contributed by atoms with E-state index < -0.39 is 11.8 Å². The second kappa shape index (κ2) is 5.58. The molecule has 0 aromatic carbocycles.